The second-order valence-corrected chi connectivity index (χ2v) is 6.42. The Morgan fingerprint density at radius 3 is 2.41 bits per heavy atom. The van der Waals surface area contributed by atoms with Crippen molar-refractivity contribution in [3.05, 3.63) is 0 Å². The molecule has 2 N–H and O–H groups in total. The first-order valence-electron chi connectivity index (χ1n) is 8.49. The Morgan fingerprint density at radius 2 is 1.95 bits per heavy atom. The Kier molecular flexibility index (Phi) is 8.04. The fourth-order valence-electron chi connectivity index (χ4n) is 3.05. The molecule has 0 aromatic heterocycles. The number of esters is 1. The molecule has 1 rings (SSSR count). The van der Waals surface area contributed by atoms with E-state index in [2.05, 4.69) is 0 Å². The summed E-state index contributed by atoms with van der Waals surface area (Å²) in [6, 6.07) is -0.536. The zero-order chi connectivity index (χ0) is 16.7. The van der Waals surface area contributed by atoms with E-state index in [0.29, 0.717) is 19.4 Å². The lowest BCUT2D eigenvalue weighted by molar-refractivity contribution is -0.154. The van der Waals surface area contributed by atoms with E-state index < -0.39 is 12.0 Å². The predicted molar refractivity (Wildman–Crippen MR) is 85.3 cm³/mol. The fraction of sp³-hybridized carbons (Fsp3) is 0.882. The van der Waals surface area contributed by atoms with Gasteiger partial charge >= 0.3 is 5.97 Å². The standard InChI is InChI=1S/C17H31NO4/c1-5-13(16(19)15(18)11(3)4)14(17(20)21-6-2)10-12-8-7-9-22-12/h11-15H,5-10,18H2,1-4H3. The molecule has 128 valence electrons. The third-order valence-corrected chi connectivity index (χ3v) is 4.47. The maximum absolute atomic E-state index is 12.7. The predicted octanol–water partition coefficient (Wildman–Crippen LogP) is 2.31. The molecule has 0 aromatic rings. The number of ether oxygens (including phenoxy) is 2. The fourth-order valence-corrected chi connectivity index (χ4v) is 3.05. The highest BCUT2D eigenvalue weighted by molar-refractivity contribution is 5.90. The average molecular weight is 313 g/mol. The number of carbonyl (C=O) groups excluding carboxylic acids is 2. The molecule has 1 saturated heterocycles. The van der Waals surface area contributed by atoms with E-state index in [-0.39, 0.29) is 29.7 Å². The summed E-state index contributed by atoms with van der Waals surface area (Å²) in [5, 5.41) is 0. The van der Waals surface area contributed by atoms with Crippen LogP contribution in [0.1, 0.15) is 53.4 Å². The van der Waals surface area contributed by atoms with Crippen molar-refractivity contribution in [2.24, 2.45) is 23.5 Å². The monoisotopic (exact) mass is 313 g/mol. The van der Waals surface area contributed by atoms with E-state index in [1.165, 1.54) is 0 Å². The molecule has 0 aromatic carbocycles. The van der Waals surface area contributed by atoms with Crippen molar-refractivity contribution in [3.8, 4) is 0 Å². The van der Waals surface area contributed by atoms with Crippen LogP contribution in [0.25, 0.3) is 0 Å². The molecule has 1 aliphatic heterocycles. The third kappa shape index (κ3) is 5.06. The van der Waals surface area contributed by atoms with Crippen LogP contribution in [-0.2, 0) is 19.1 Å². The van der Waals surface area contributed by atoms with Crippen molar-refractivity contribution in [2.75, 3.05) is 13.2 Å². The molecule has 0 bridgehead atoms. The van der Waals surface area contributed by atoms with Crippen LogP contribution in [0.4, 0.5) is 0 Å². The van der Waals surface area contributed by atoms with Gasteiger partial charge in [0.1, 0.15) is 0 Å². The second kappa shape index (κ2) is 9.26. The Balaban J connectivity index is 2.88. The molecule has 0 saturated carbocycles. The van der Waals surface area contributed by atoms with E-state index in [1.54, 1.807) is 6.92 Å². The third-order valence-electron chi connectivity index (χ3n) is 4.47. The van der Waals surface area contributed by atoms with Gasteiger partial charge in [-0.3, -0.25) is 9.59 Å². The van der Waals surface area contributed by atoms with Crippen LogP contribution in [0.15, 0.2) is 0 Å². The number of rotatable bonds is 9. The zero-order valence-electron chi connectivity index (χ0n) is 14.3. The van der Waals surface area contributed by atoms with Crippen LogP contribution < -0.4 is 5.73 Å². The molecule has 0 amide bonds. The first-order valence-corrected chi connectivity index (χ1v) is 8.49. The van der Waals surface area contributed by atoms with Crippen LogP contribution in [0, 0.1) is 17.8 Å². The lowest BCUT2D eigenvalue weighted by Crippen LogP contribution is -2.44. The van der Waals surface area contributed by atoms with Gasteiger partial charge in [-0.15, -0.1) is 0 Å². The van der Waals surface area contributed by atoms with Crippen molar-refractivity contribution < 1.29 is 19.1 Å². The van der Waals surface area contributed by atoms with Crippen molar-refractivity contribution >= 4 is 11.8 Å². The van der Waals surface area contributed by atoms with Gasteiger partial charge in [0, 0.05) is 12.5 Å². The van der Waals surface area contributed by atoms with E-state index in [1.807, 2.05) is 20.8 Å². The van der Waals surface area contributed by atoms with E-state index in [0.717, 1.165) is 19.4 Å². The van der Waals surface area contributed by atoms with Gasteiger partial charge in [0.05, 0.1) is 24.7 Å². The summed E-state index contributed by atoms with van der Waals surface area (Å²) in [4.78, 5) is 25.0. The second-order valence-electron chi connectivity index (χ2n) is 6.42. The number of carbonyl (C=O) groups is 2. The number of Topliss-reactive ketones (excluding diaryl/α,β-unsaturated/α-hetero) is 1. The lowest BCUT2D eigenvalue weighted by atomic mass is 9.78. The summed E-state index contributed by atoms with van der Waals surface area (Å²) in [6.07, 6.45) is 3.14. The number of nitrogens with two attached hydrogens (primary N) is 1. The Labute approximate surface area is 133 Å². The quantitative estimate of drug-likeness (QED) is 0.661. The molecule has 1 fully saturated rings. The molecule has 22 heavy (non-hydrogen) atoms. The van der Waals surface area contributed by atoms with Gasteiger partial charge in [-0.05, 0) is 38.5 Å². The maximum Gasteiger partial charge on any atom is 0.309 e. The Hall–Kier alpha value is -0.940. The topological polar surface area (TPSA) is 78.6 Å². The molecule has 4 atom stereocenters. The minimum atomic E-state index is -0.536. The van der Waals surface area contributed by atoms with E-state index in [9.17, 15) is 9.59 Å². The van der Waals surface area contributed by atoms with Crippen molar-refractivity contribution in [1.82, 2.24) is 0 Å². The highest BCUT2D eigenvalue weighted by Gasteiger charge is 2.38. The van der Waals surface area contributed by atoms with Gasteiger partial charge in [0.15, 0.2) is 5.78 Å². The SMILES string of the molecule is CCOC(=O)C(CC1CCCO1)C(CC)C(=O)C(N)C(C)C. The Morgan fingerprint density at radius 1 is 1.27 bits per heavy atom. The normalized spacial score (nSPS) is 22.4. The molecule has 1 heterocycles. The van der Waals surface area contributed by atoms with Gasteiger partial charge in [-0.25, -0.2) is 0 Å². The first kappa shape index (κ1) is 19.1. The first-order chi connectivity index (χ1) is 10.4. The number of ketones is 1. The Bertz CT molecular complexity index is 364. The van der Waals surface area contributed by atoms with Crippen LogP contribution in [-0.4, -0.2) is 37.1 Å². The minimum absolute atomic E-state index is 0.0337. The molecule has 0 aliphatic carbocycles. The van der Waals surface area contributed by atoms with Crippen LogP contribution in [0.5, 0.6) is 0 Å². The highest BCUT2D eigenvalue weighted by atomic mass is 16.5. The number of hydrogen-bond acceptors (Lipinski definition) is 5. The summed E-state index contributed by atoms with van der Waals surface area (Å²) >= 11 is 0. The summed E-state index contributed by atoms with van der Waals surface area (Å²) in [7, 11) is 0. The van der Waals surface area contributed by atoms with E-state index in [4.69, 9.17) is 15.2 Å². The van der Waals surface area contributed by atoms with Gasteiger partial charge in [-0.2, -0.15) is 0 Å². The summed E-state index contributed by atoms with van der Waals surface area (Å²) in [6.45, 7) is 8.61. The largest absolute Gasteiger partial charge is 0.466 e. The van der Waals surface area contributed by atoms with Crippen molar-refractivity contribution in [3.63, 3.8) is 0 Å². The molecule has 5 heteroatoms. The molecule has 4 unspecified atom stereocenters. The molecule has 1 aliphatic rings. The van der Waals surface area contributed by atoms with Crippen LogP contribution in [0.3, 0.4) is 0 Å². The van der Waals surface area contributed by atoms with Gasteiger partial charge in [0.25, 0.3) is 0 Å². The summed E-state index contributed by atoms with van der Waals surface area (Å²) in [5.74, 6) is -1.11. The van der Waals surface area contributed by atoms with Crippen molar-refractivity contribution in [2.45, 2.75) is 65.5 Å². The highest BCUT2D eigenvalue weighted by Crippen LogP contribution is 2.29. The number of hydrogen-bond donors (Lipinski definition) is 1. The van der Waals surface area contributed by atoms with Crippen molar-refractivity contribution in [1.29, 1.82) is 0 Å². The van der Waals surface area contributed by atoms with E-state index >= 15 is 0 Å². The molecule has 5 nitrogen and oxygen atoms in total. The lowest BCUT2D eigenvalue weighted by Gasteiger charge is -2.28. The van der Waals surface area contributed by atoms with Gasteiger partial charge < -0.3 is 15.2 Å². The van der Waals surface area contributed by atoms with Crippen LogP contribution >= 0.6 is 0 Å². The van der Waals surface area contributed by atoms with Crippen LogP contribution in [0.2, 0.25) is 0 Å². The molecular weight excluding hydrogens is 282 g/mol. The molecular formula is C17H31NO4. The van der Waals surface area contributed by atoms with Gasteiger partial charge in [-0.1, -0.05) is 20.8 Å². The summed E-state index contributed by atoms with van der Waals surface area (Å²) in [5.41, 5.74) is 6.02. The smallest absolute Gasteiger partial charge is 0.309 e. The maximum atomic E-state index is 12.7. The molecule has 0 spiro atoms. The zero-order valence-corrected chi connectivity index (χ0v) is 14.3. The van der Waals surface area contributed by atoms with Gasteiger partial charge in [0.2, 0.25) is 0 Å². The molecule has 0 radical (unpaired) electrons. The summed E-state index contributed by atoms with van der Waals surface area (Å²) < 4.78 is 10.8. The average Bonchev–Trinajstić information content (AvgIpc) is 2.99. The minimum Gasteiger partial charge on any atom is -0.466 e.